The molecule has 0 fully saturated rings. The number of halogens is 51. The molecule has 0 spiro atoms. The lowest BCUT2D eigenvalue weighted by atomic mass is 9.87. The van der Waals surface area contributed by atoms with E-state index in [9.17, 15) is 196 Å². The van der Waals surface area contributed by atoms with E-state index in [1.807, 2.05) is 0 Å². The molecule has 63 heteroatoms. The fourth-order valence-corrected chi connectivity index (χ4v) is 13.2. The highest BCUT2D eigenvalue weighted by molar-refractivity contribution is 7.89. The molecular weight excluding hydrogens is 1850 g/mol. The van der Waals surface area contributed by atoms with Gasteiger partial charge in [-0.3, -0.25) is 0 Å². The molecular formula is C54H30F51N3O6S3. The van der Waals surface area contributed by atoms with Gasteiger partial charge in [0, 0.05) is 56.0 Å². The highest BCUT2D eigenvalue weighted by Crippen LogP contribution is 2.70. The third kappa shape index (κ3) is 15.2. The van der Waals surface area contributed by atoms with Crippen LogP contribution in [0.2, 0.25) is 0 Å². The molecule has 1 heterocycles. The molecule has 0 amide bonds. The van der Waals surface area contributed by atoms with E-state index in [0.29, 0.717) is 0 Å². The lowest BCUT2D eigenvalue weighted by molar-refractivity contribution is -0.462. The smallest absolute Gasteiger partial charge is 0.207 e. The molecule has 3 aromatic carbocycles. The van der Waals surface area contributed by atoms with Crippen molar-refractivity contribution >= 4 is 30.1 Å². The first-order valence-electron chi connectivity index (χ1n) is 28.6. The van der Waals surface area contributed by atoms with Crippen molar-refractivity contribution in [2.24, 2.45) is 0 Å². The van der Waals surface area contributed by atoms with Crippen molar-refractivity contribution in [3.8, 4) is 0 Å². The van der Waals surface area contributed by atoms with E-state index in [2.05, 4.69) is 0 Å². The van der Waals surface area contributed by atoms with Gasteiger partial charge in [0.25, 0.3) is 0 Å². The fourth-order valence-electron chi connectivity index (χ4n) is 9.00. The Kier molecular flexibility index (Phi) is 26.2. The van der Waals surface area contributed by atoms with Crippen molar-refractivity contribution in [3.05, 3.63) is 126 Å². The summed E-state index contributed by atoms with van der Waals surface area (Å²) in [5.74, 6) is -185. The first-order valence-corrected chi connectivity index (χ1v) is 32.9. The topological polar surface area (TPSA) is 112 Å². The van der Waals surface area contributed by atoms with E-state index >= 15 is 52.7 Å². The zero-order valence-corrected chi connectivity index (χ0v) is 56.4. The minimum Gasteiger partial charge on any atom is -0.207 e. The van der Waals surface area contributed by atoms with Crippen LogP contribution < -0.4 is 0 Å². The monoisotopic (exact) mass is 1880 g/mol. The van der Waals surface area contributed by atoms with E-state index in [0.717, 1.165) is 0 Å². The average Bonchev–Trinajstić information content (AvgIpc) is 0.701. The molecule has 117 heavy (non-hydrogen) atoms. The van der Waals surface area contributed by atoms with E-state index in [1.165, 1.54) is 0 Å². The van der Waals surface area contributed by atoms with Crippen molar-refractivity contribution in [2.75, 3.05) is 39.3 Å². The maximum atomic E-state index is 15.6. The third-order valence-corrected chi connectivity index (χ3v) is 21.5. The summed E-state index contributed by atoms with van der Waals surface area (Å²) in [5.41, 5.74) is -9.95. The van der Waals surface area contributed by atoms with Gasteiger partial charge in [-0.2, -0.15) is 237 Å². The van der Waals surface area contributed by atoms with Crippen molar-refractivity contribution in [1.29, 1.82) is 0 Å². The van der Waals surface area contributed by atoms with Crippen LogP contribution in [0.25, 0.3) is 0 Å². The summed E-state index contributed by atoms with van der Waals surface area (Å²) >= 11 is 0. The normalized spacial score (nSPS) is 18.5. The van der Waals surface area contributed by atoms with E-state index in [-0.39, 0.29) is 54.7 Å². The lowest BCUT2D eigenvalue weighted by Gasteiger charge is -2.42. The molecule has 0 aliphatic carbocycles. The van der Waals surface area contributed by atoms with Gasteiger partial charge < -0.3 is 0 Å². The number of alkyl halides is 51. The highest BCUT2D eigenvalue weighted by atomic mass is 32.2. The van der Waals surface area contributed by atoms with Gasteiger partial charge >= 0.3 is 143 Å². The van der Waals surface area contributed by atoms with Crippen LogP contribution in [0.3, 0.4) is 0 Å². The van der Waals surface area contributed by atoms with Crippen molar-refractivity contribution in [3.63, 3.8) is 0 Å². The first kappa shape index (κ1) is 102. The number of hydrogen-bond acceptors (Lipinski definition) is 6. The van der Waals surface area contributed by atoms with Crippen molar-refractivity contribution in [1.82, 2.24) is 12.9 Å². The van der Waals surface area contributed by atoms with Gasteiger partial charge in [-0.05, 0) is 36.4 Å². The van der Waals surface area contributed by atoms with E-state index in [1.54, 1.807) is 0 Å². The first-order chi connectivity index (χ1) is 51.2. The minimum absolute atomic E-state index is 0.106. The molecule has 0 aromatic heterocycles. The summed E-state index contributed by atoms with van der Waals surface area (Å²) in [6.45, 7) is -11.1. The number of rotatable bonds is 27. The molecule has 1 aliphatic heterocycles. The van der Waals surface area contributed by atoms with Crippen LogP contribution in [-0.4, -0.2) is 203 Å². The molecule has 4 rings (SSSR count). The Bertz CT molecular complexity index is 4090. The minimum atomic E-state index is -9.27. The lowest BCUT2D eigenvalue weighted by Crippen LogP contribution is -2.74. The Labute approximate surface area is 614 Å². The standard InChI is InChI=1S/C54H30F51N3O6S3/c55-31(56,34(61,62)37(67,68)40(73,74)43(79,80)46(85,86)49(91,92)52(97,98)99)25-10-7-13-28(22-25)115(109,110)106-16-1-2-17-107(116(111,112)29-14-8-11-26(23-29)32(57,58)35(63,64)38(69,70)41(75,76)44(81,82)47(87,88)50(93,94)53(100,101)102)19-5-6-21-108(20-4-3-18-106)117(113,114)30-15-9-12-27(24-30)33(59,60)36(65,66)39(71,72)42(77,78)45(83,84)48(89,90)51(95,96)54(103,104)105/h1-15,22-24H,16-21H2/b2-1-,4-3+,6-5+. The largest absolute Gasteiger partial charge is 0.460 e. The third-order valence-electron chi connectivity index (χ3n) is 16.0. The number of benzene rings is 3. The van der Waals surface area contributed by atoms with Crippen LogP contribution >= 0.6 is 0 Å². The predicted molar refractivity (Wildman–Crippen MR) is 282 cm³/mol. The SMILES string of the molecule is O=S(=O)(c1cccc(C(F)(F)C(F)(F)C(F)(F)C(F)(F)C(F)(F)C(F)(F)C(F)(F)C(F)(F)F)c1)N1C/C=C\CN(S(=O)(=O)c2cccc(C(F)(F)C(F)(F)C(F)(F)C(F)(F)C(F)(F)C(F)(F)C(F)(F)C(F)(F)F)c2)C/C=C/CN(S(=O)(=O)c2cccc(C(F)(F)C(F)(F)C(F)(F)C(F)(F)C(F)(F)C(F)(F)C(F)(F)C(F)(F)F)c2)C/C=C/C1. The van der Waals surface area contributed by atoms with Crippen LogP contribution in [0.15, 0.2) is 124 Å². The fraction of sp³-hybridized carbons (Fsp3) is 0.556. The van der Waals surface area contributed by atoms with Crippen LogP contribution in [0.5, 0.6) is 0 Å². The maximum Gasteiger partial charge on any atom is 0.460 e. The Balaban J connectivity index is 2.03. The zero-order chi connectivity index (χ0) is 92.7. The number of hydrogen-bond donors (Lipinski definition) is 0. The summed E-state index contributed by atoms with van der Waals surface area (Å²) in [4.78, 5) is -6.87. The number of nitrogens with zero attached hydrogens (tertiary/aromatic N) is 3. The van der Waals surface area contributed by atoms with Gasteiger partial charge in [-0.1, -0.05) is 72.9 Å². The number of sulfonamides is 3. The van der Waals surface area contributed by atoms with Gasteiger partial charge in [-0.25, -0.2) is 25.3 Å². The van der Waals surface area contributed by atoms with Crippen LogP contribution in [0.1, 0.15) is 16.7 Å². The Morgan fingerprint density at radius 2 is 0.316 bits per heavy atom. The molecule has 672 valence electrons. The van der Waals surface area contributed by atoms with Gasteiger partial charge in [-0.15, -0.1) is 0 Å². The maximum absolute atomic E-state index is 15.6. The summed E-state index contributed by atoms with van der Waals surface area (Å²) in [7, 11) is -19.2. The summed E-state index contributed by atoms with van der Waals surface area (Å²) in [6.07, 6.45) is -24.1. The van der Waals surface area contributed by atoms with Crippen molar-refractivity contribution < 1.29 is 249 Å². The van der Waals surface area contributed by atoms with Gasteiger partial charge in [0.15, 0.2) is 0 Å². The van der Waals surface area contributed by atoms with Gasteiger partial charge in [0.05, 0.1) is 14.7 Å². The Hall–Kier alpha value is -6.96. The quantitative estimate of drug-likeness (QED) is 0.0555. The van der Waals surface area contributed by atoms with E-state index < -0.39 is 311 Å². The average molecular weight is 1880 g/mol. The Morgan fingerprint density at radius 1 is 0.188 bits per heavy atom. The molecule has 3 aromatic rings. The second-order valence-electron chi connectivity index (χ2n) is 23.5. The van der Waals surface area contributed by atoms with Gasteiger partial charge in [0.2, 0.25) is 30.1 Å². The van der Waals surface area contributed by atoms with Gasteiger partial charge in [0.1, 0.15) is 0 Å². The van der Waals surface area contributed by atoms with Crippen LogP contribution in [-0.2, 0) is 47.8 Å². The van der Waals surface area contributed by atoms with Crippen molar-refractivity contribution in [2.45, 2.75) is 158 Å². The summed E-state index contributed by atoms with van der Waals surface area (Å²) in [6, 6.07) is -8.07. The second-order valence-corrected chi connectivity index (χ2v) is 29.3. The molecule has 9 nitrogen and oxygen atoms in total. The summed E-state index contributed by atoms with van der Waals surface area (Å²) < 4.78 is 808. The molecule has 0 bridgehead atoms. The molecule has 1 aliphatic rings. The molecule has 0 N–H and O–H groups in total. The molecule has 0 atom stereocenters. The predicted octanol–water partition coefficient (Wildman–Crippen LogP) is 20.1. The van der Waals surface area contributed by atoms with E-state index in [4.69, 9.17) is 0 Å². The molecule has 0 saturated carbocycles. The Morgan fingerprint density at radius 3 is 0.453 bits per heavy atom. The second kappa shape index (κ2) is 30.0. The molecule has 0 radical (unpaired) electrons. The zero-order valence-electron chi connectivity index (χ0n) is 53.9. The summed E-state index contributed by atoms with van der Waals surface area (Å²) in [5, 5.41) is 0. The van der Waals surface area contributed by atoms with Crippen LogP contribution in [0, 0.1) is 0 Å². The highest BCUT2D eigenvalue weighted by Gasteiger charge is 2.99. The van der Waals surface area contributed by atoms with Crippen LogP contribution in [0.4, 0.5) is 224 Å². The molecule has 0 unspecified atom stereocenters. The molecule has 0 saturated heterocycles.